The largest absolute Gasteiger partial charge is 0.345 e. The summed E-state index contributed by atoms with van der Waals surface area (Å²) in [5.41, 5.74) is 0.989. The molecule has 18 heavy (non-hydrogen) atoms. The van der Waals surface area contributed by atoms with Crippen molar-refractivity contribution in [1.29, 1.82) is 0 Å². The lowest BCUT2D eigenvalue weighted by molar-refractivity contribution is -0.125. The van der Waals surface area contributed by atoms with Crippen LogP contribution in [0.25, 0.3) is 0 Å². The third-order valence-corrected chi connectivity index (χ3v) is 3.69. The van der Waals surface area contributed by atoms with Crippen molar-refractivity contribution >= 4 is 17.5 Å². The average Bonchev–Trinajstić information content (AvgIpc) is 2.24. The fourth-order valence-corrected chi connectivity index (χ4v) is 2.50. The van der Waals surface area contributed by atoms with Crippen LogP contribution < -0.4 is 5.32 Å². The molecule has 0 radical (unpaired) electrons. The van der Waals surface area contributed by atoms with Gasteiger partial charge in [0.2, 0.25) is 5.91 Å². The van der Waals surface area contributed by atoms with Crippen molar-refractivity contribution in [3.63, 3.8) is 0 Å². The van der Waals surface area contributed by atoms with E-state index in [4.69, 9.17) is 11.6 Å². The minimum absolute atomic E-state index is 0.0784. The van der Waals surface area contributed by atoms with Crippen molar-refractivity contribution in [2.45, 2.75) is 24.8 Å². The van der Waals surface area contributed by atoms with Gasteiger partial charge in [0.1, 0.15) is 0 Å². The second-order valence-corrected chi connectivity index (χ2v) is 5.66. The first-order chi connectivity index (χ1) is 8.52. The molecular weight excluding hydrogens is 248 g/mol. The minimum atomic E-state index is -0.169. The molecular formula is C14H19ClN2O. The van der Waals surface area contributed by atoms with Crippen LogP contribution in [0.5, 0.6) is 0 Å². The third kappa shape index (κ3) is 2.85. The van der Waals surface area contributed by atoms with E-state index in [0.29, 0.717) is 6.54 Å². The van der Waals surface area contributed by atoms with Crippen LogP contribution in [0.1, 0.15) is 24.8 Å². The van der Waals surface area contributed by atoms with Gasteiger partial charge in [0.25, 0.3) is 0 Å². The molecule has 0 spiro atoms. The summed E-state index contributed by atoms with van der Waals surface area (Å²) in [7, 11) is 3.80. The Morgan fingerprint density at radius 2 is 1.94 bits per heavy atom. The highest BCUT2D eigenvalue weighted by molar-refractivity contribution is 6.30. The van der Waals surface area contributed by atoms with E-state index in [9.17, 15) is 4.79 Å². The van der Waals surface area contributed by atoms with Crippen molar-refractivity contribution in [1.82, 2.24) is 10.2 Å². The predicted octanol–water partition coefficient (Wildman–Crippen LogP) is 2.40. The molecule has 0 bridgehead atoms. The van der Waals surface area contributed by atoms with Crippen LogP contribution in [0.2, 0.25) is 5.02 Å². The van der Waals surface area contributed by atoms with Crippen molar-refractivity contribution < 1.29 is 4.79 Å². The first-order valence-electron chi connectivity index (χ1n) is 6.24. The summed E-state index contributed by atoms with van der Waals surface area (Å²) in [6, 6.07) is 7.79. The Kier molecular flexibility index (Phi) is 3.93. The van der Waals surface area contributed by atoms with Gasteiger partial charge < -0.3 is 10.2 Å². The van der Waals surface area contributed by atoms with Crippen LogP contribution in [-0.2, 0) is 10.3 Å². The molecule has 1 saturated carbocycles. The standard InChI is InChI=1S/C14H19ClN2O/c1-17(2)10-13(18)16-14(8-3-9-14)11-4-6-12(15)7-5-11/h4-7H,3,8-10H2,1-2H3,(H,16,18). The van der Waals surface area contributed by atoms with Crippen LogP contribution in [-0.4, -0.2) is 31.4 Å². The Morgan fingerprint density at radius 3 is 2.39 bits per heavy atom. The van der Waals surface area contributed by atoms with E-state index in [1.54, 1.807) is 0 Å². The molecule has 0 aliphatic heterocycles. The van der Waals surface area contributed by atoms with Crippen molar-refractivity contribution in [3.05, 3.63) is 34.9 Å². The molecule has 0 heterocycles. The maximum absolute atomic E-state index is 11.9. The molecule has 1 aromatic rings. The molecule has 1 aliphatic carbocycles. The SMILES string of the molecule is CN(C)CC(=O)NC1(c2ccc(Cl)cc2)CCC1. The quantitative estimate of drug-likeness (QED) is 0.908. The van der Waals surface area contributed by atoms with Gasteiger partial charge in [0, 0.05) is 5.02 Å². The molecule has 1 aromatic carbocycles. The zero-order valence-corrected chi connectivity index (χ0v) is 11.6. The fraction of sp³-hybridized carbons (Fsp3) is 0.500. The van der Waals surface area contributed by atoms with Gasteiger partial charge in [0.15, 0.2) is 0 Å². The van der Waals surface area contributed by atoms with E-state index in [1.165, 1.54) is 0 Å². The molecule has 3 nitrogen and oxygen atoms in total. The number of hydrogen-bond donors (Lipinski definition) is 1. The van der Waals surface area contributed by atoms with E-state index in [1.807, 2.05) is 43.3 Å². The Balaban J connectivity index is 2.11. The topological polar surface area (TPSA) is 32.3 Å². The zero-order valence-electron chi connectivity index (χ0n) is 10.9. The third-order valence-electron chi connectivity index (χ3n) is 3.44. The molecule has 0 unspecified atom stereocenters. The van der Waals surface area contributed by atoms with Crippen LogP contribution in [0.15, 0.2) is 24.3 Å². The highest BCUT2D eigenvalue weighted by Gasteiger charge is 2.39. The van der Waals surface area contributed by atoms with Crippen LogP contribution >= 0.6 is 11.6 Å². The maximum atomic E-state index is 11.9. The number of amides is 1. The Morgan fingerprint density at radius 1 is 1.33 bits per heavy atom. The molecule has 1 N–H and O–H groups in total. The number of halogens is 1. The predicted molar refractivity (Wildman–Crippen MR) is 73.7 cm³/mol. The summed E-state index contributed by atoms with van der Waals surface area (Å²) < 4.78 is 0. The van der Waals surface area contributed by atoms with Gasteiger partial charge in [-0.2, -0.15) is 0 Å². The van der Waals surface area contributed by atoms with Gasteiger partial charge in [-0.05, 0) is 51.1 Å². The lowest BCUT2D eigenvalue weighted by Crippen LogP contribution is -2.52. The fourth-order valence-electron chi connectivity index (χ4n) is 2.38. The molecule has 2 rings (SSSR count). The highest BCUT2D eigenvalue weighted by Crippen LogP contribution is 2.41. The van der Waals surface area contributed by atoms with Gasteiger partial charge in [-0.25, -0.2) is 0 Å². The van der Waals surface area contributed by atoms with Crippen LogP contribution in [0, 0.1) is 0 Å². The molecule has 1 fully saturated rings. The van der Waals surface area contributed by atoms with Gasteiger partial charge in [0.05, 0.1) is 12.1 Å². The molecule has 1 aliphatic rings. The summed E-state index contributed by atoms with van der Waals surface area (Å²) in [6.45, 7) is 0.426. The number of carbonyl (C=O) groups is 1. The number of hydrogen-bond acceptors (Lipinski definition) is 2. The van der Waals surface area contributed by atoms with Gasteiger partial charge in [-0.15, -0.1) is 0 Å². The number of rotatable bonds is 4. The summed E-state index contributed by atoms with van der Waals surface area (Å²) in [4.78, 5) is 13.8. The van der Waals surface area contributed by atoms with Crippen LogP contribution in [0.4, 0.5) is 0 Å². The Hall–Kier alpha value is -1.06. The minimum Gasteiger partial charge on any atom is -0.345 e. The normalized spacial score (nSPS) is 17.3. The van der Waals surface area contributed by atoms with Gasteiger partial charge >= 0.3 is 0 Å². The zero-order chi connectivity index (χ0) is 13.2. The van der Waals surface area contributed by atoms with Crippen molar-refractivity contribution in [2.75, 3.05) is 20.6 Å². The summed E-state index contributed by atoms with van der Waals surface area (Å²) in [5, 5.41) is 3.90. The van der Waals surface area contributed by atoms with E-state index in [2.05, 4.69) is 5.32 Å². The molecule has 4 heteroatoms. The number of benzene rings is 1. The monoisotopic (exact) mass is 266 g/mol. The van der Waals surface area contributed by atoms with E-state index in [-0.39, 0.29) is 11.4 Å². The summed E-state index contributed by atoms with van der Waals surface area (Å²) in [5.74, 6) is 0.0784. The van der Waals surface area contributed by atoms with Gasteiger partial charge in [-0.1, -0.05) is 23.7 Å². The molecule has 0 saturated heterocycles. The lowest BCUT2D eigenvalue weighted by Gasteiger charge is -2.43. The van der Waals surface area contributed by atoms with Crippen LogP contribution in [0.3, 0.4) is 0 Å². The Labute approximate surface area is 113 Å². The second-order valence-electron chi connectivity index (χ2n) is 5.23. The number of carbonyl (C=O) groups excluding carboxylic acids is 1. The first-order valence-corrected chi connectivity index (χ1v) is 6.61. The molecule has 0 atom stereocenters. The highest BCUT2D eigenvalue weighted by atomic mass is 35.5. The van der Waals surface area contributed by atoms with Crippen molar-refractivity contribution in [3.8, 4) is 0 Å². The average molecular weight is 267 g/mol. The van der Waals surface area contributed by atoms with E-state index < -0.39 is 0 Å². The summed E-state index contributed by atoms with van der Waals surface area (Å²) >= 11 is 5.90. The maximum Gasteiger partial charge on any atom is 0.234 e. The molecule has 0 aromatic heterocycles. The van der Waals surface area contributed by atoms with Crippen molar-refractivity contribution in [2.24, 2.45) is 0 Å². The second kappa shape index (κ2) is 5.29. The number of nitrogens with zero attached hydrogens (tertiary/aromatic N) is 1. The first kappa shape index (κ1) is 13.4. The van der Waals surface area contributed by atoms with E-state index in [0.717, 1.165) is 29.8 Å². The summed E-state index contributed by atoms with van der Waals surface area (Å²) in [6.07, 6.45) is 3.17. The lowest BCUT2D eigenvalue weighted by atomic mass is 9.72. The Bertz CT molecular complexity index is 424. The number of nitrogens with one attached hydrogen (secondary N) is 1. The molecule has 1 amide bonds. The van der Waals surface area contributed by atoms with Gasteiger partial charge in [-0.3, -0.25) is 4.79 Å². The smallest absolute Gasteiger partial charge is 0.234 e. The molecule has 98 valence electrons. The van der Waals surface area contributed by atoms with E-state index >= 15 is 0 Å². The number of likely N-dealkylation sites (N-methyl/N-ethyl adjacent to an activating group) is 1.